The number of para-hydroxylation sites is 1. The smallest absolute Gasteiger partial charge is 0.225 e. The molecule has 0 spiro atoms. The molecule has 1 heterocycles. The van der Waals surface area contributed by atoms with Crippen molar-refractivity contribution < 1.29 is 4.79 Å². The molecule has 30 heavy (non-hydrogen) atoms. The zero-order valence-corrected chi connectivity index (χ0v) is 18.1. The van der Waals surface area contributed by atoms with Crippen LogP contribution in [0.5, 0.6) is 0 Å². The summed E-state index contributed by atoms with van der Waals surface area (Å²) in [5.41, 5.74) is 4.98. The van der Waals surface area contributed by atoms with Gasteiger partial charge in [0.1, 0.15) is 0 Å². The van der Waals surface area contributed by atoms with Crippen molar-refractivity contribution in [3.63, 3.8) is 0 Å². The van der Waals surface area contributed by atoms with E-state index in [2.05, 4.69) is 78.2 Å². The number of hydrogen-bond donors (Lipinski definition) is 0. The van der Waals surface area contributed by atoms with Gasteiger partial charge in [-0.3, -0.25) is 4.79 Å². The van der Waals surface area contributed by atoms with E-state index in [0.29, 0.717) is 6.54 Å². The highest BCUT2D eigenvalue weighted by molar-refractivity contribution is 6.08. The summed E-state index contributed by atoms with van der Waals surface area (Å²) in [5.74, 6) is 0.202. The number of aryl methyl sites for hydroxylation is 1. The second-order valence-corrected chi connectivity index (χ2v) is 8.26. The summed E-state index contributed by atoms with van der Waals surface area (Å²) in [6.45, 7) is 8.47. The maximum atomic E-state index is 12.9. The highest BCUT2D eigenvalue weighted by atomic mass is 16.2. The Morgan fingerprint density at radius 3 is 2.30 bits per heavy atom. The molecule has 0 N–H and O–H groups in total. The standard InChI is InChI=1S/C27H30N2O/c1-4-29-25-13-9-8-12-23(25)24-18-22(14-15-26(24)29)19-28(27(30)20(2)3)17-16-21-10-6-5-7-11-21/h5-15,18,20H,4,16-17,19H2,1-3H3. The summed E-state index contributed by atoms with van der Waals surface area (Å²) < 4.78 is 2.36. The van der Waals surface area contributed by atoms with Gasteiger partial charge in [0.15, 0.2) is 0 Å². The number of nitrogens with zero attached hydrogens (tertiary/aromatic N) is 2. The zero-order valence-electron chi connectivity index (χ0n) is 18.1. The first-order valence-electron chi connectivity index (χ1n) is 10.9. The molecule has 0 aliphatic rings. The monoisotopic (exact) mass is 398 g/mol. The first-order valence-corrected chi connectivity index (χ1v) is 10.9. The first kappa shape index (κ1) is 20.2. The van der Waals surface area contributed by atoms with E-state index in [4.69, 9.17) is 0 Å². The van der Waals surface area contributed by atoms with Gasteiger partial charge in [0, 0.05) is 47.4 Å². The quantitative estimate of drug-likeness (QED) is 0.372. The van der Waals surface area contributed by atoms with Gasteiger partial charge in [0.25, 0.3) is 0 Å². The number of benzene rings is 3. The van der Waals surface area contributed by atoms with Gasteiger partial charge in [-0.2, -0.15) is 0 Å². The van der Waals surface area contributed by atoms with Crippen molar-refractivity contribution in [2.24, 2.45) is 5.92 Å². The highest BCUT2D eigenvalue weighted by Crippen LogP contribution is 2.30. The average Bonchev–Trinajstić information content (AvgIpc) is 3.09. The molecule has 1 aromatic heterocycles. The van der Waals surface area contributed by atoms with E-state index >= 15 is 0 Å². The van der Waals surface area contributed by atoms with Crippen molar-refractivity contribution >= 4 is 27.7 Å². The van der Waals surface area contributed by atoms with E-state index in [9.17, 15) is 4.79 Å². The van der Waals surface area contributed by atoms with Crippen LogP contribution in [0.2, 0.25) is 0 Å². The third-order valence-corrected chi connectivity index (χ3v) is 5.85. The molecule has 154 valence electrons. The Kier molecular flexibility index (Phi) is 5.89. The van der Waals surface area contributed by atoms with Gasteiger partial charge < -0.3 is 9.47 Å². The SMILES string of the molecule is CCn1c2ccccc2c2cc(CN(CCc3ccccc3)C(=O)C(C)C)ccc21. The van der Waals surface area contributed by atoms with Crippen LogP contribution in [-0.2, 0) is 24.3 Å². The van der Waals surface area contributed by atoms with Gasteiger partial charge >= 0.3 is 0 Å². The lowest BCUT2D eigenvalue weighted by Crippen LogP contribution is -2.35. The summed E-state index contributed by atoms with van der Waals surface area (Å²) in [4.78, 5) is 14.9. The van der Waals surface area contributed by atoms with Gasteiger partial charge in [-0.25, -0.2) is 0 Å². The third-order valence-electron chi connectivity index (χ3n) is 5.85. The lowest BCUT2D eigenvalue weighted by molar-refractivity contribution is -0.135. The highest BCUT2D eigenvalue weighted by Gasteiger charge is 2.18. The minimum absolute atomic E-state index is 0.00786. The lowest BCUT2D eigenvalue weighted by atomic mass is 10.1. The Bertz CT molecular complexity index is 1160. The minimum Gasteiger partial charge on any atom is -0.341 e. The number of carbonyl (C=O) groups is 1. The van der Waals surface area contributed by atoms with Gasteiger partial charge in [0.2, 0.25) is 5.91 Å². The van der Waals surface area contributed by atoms with Crippen LogP contribution in [0.25, 0.3) is 21.8 Å². The summed E-state index contributed by atoms with van der Waals surface area (Å²) >= 11 is 0. The van der Waals surface area contributed by atoms with Crippen LogP contribution in [0.1, 0.15) is 31.9 Å². The zero-order chi connectivity index (χ0) is 21.1. The van der Waals surface area contributed by atoms with Crippen LogP contribution in [-0.4, -0.2) is 21.9 Å². The lowest BCUT2D eigenvalue weighted by Gasteiger charge is -2.25. The Balaban J connectivity index is 1.65. The number of fused-ring (bicyclic) bond motifs is 3. The molecular weight excluding hydrogens is 368 g/mol. The Hall–Kier alpha value is -3.07. The van der Waals surface area contributed by atoms with Crippen molar-refractivity contribution in [1.82, 2.24) is 9.47 Å². The number of aromatic nitrogens is 1. The molecule has 0 bridgehead atoms. The van der Waals surface area contributed by atoms with E-state index in [-0.39, 0.29) is 11.8 Å². The third kappa shape index (κ3) is 3.97. The van der Waals surface area contributed by atoms with Crippen LogP contribution < -0.4 is 0 Å². The summed E-state index contributed by atoms with van der Waals surface area (Å²) in [5, 5.41) is 2.55. The summed E-state index contributed by atoms with van der Waals surface area (Å²) in [6, 6.07) is 25.6. The van der Waals surface area contributed by atoms with Crippen LogP contribution in [0.3, 0.4) is 0 Å². The molecule has 0 saturated carbocycles. The van der Waals surface area contributed by atoms with Crippen LogP contribution >= 0.6 is 0 Å². The van der Waals surface area contributed by atoms with Crippen molar-refractivity contribution in [2.45, 2.75) is 40.3 Å². The van der Waals surface area contributed by atoms with Gasteiger partial charge in [-0.05, 0) is 42.7 Å². The molecule has 0 fully saturated rings. The maximum absolute atomic E-state index is 12.9. The number of rotatable bonds is 7. The van der Waals surface area contributed by atoms with E-state index in [1.165, 1.54) is 32.9 Å². The molecular formula is C27H30N2O. The molecule has 3 aromatic carbocycles. The molecule has 0 saturated heterocycles. The number of carbonyl (C=O) groups excluding carboxylic acids is 1. The van der Waals surface area contributed by atoms with E-state index in [0.717, 1.165) is 19.5 Å². The predicted molar refractivity (Wildman–Crippen MR) is 126 cm³/mol. The van der Waals surface area contributed by atoms with Crippen molar-refractivity contribution in [2.75, 3.05) is 6.54 Å². The van der Waals surface area contributed by atoms with Crippen molar-refractivity contribution in [1.29, 1.82) is 0 Å². The van der Waals surface area contributed by atoms with Gasteiger partial charge in [0.05, 0.1) is 0 Å². The molecule has 0 aliphatic carbocycles. The van der Waals surface area contributed by atoms with Crippen LogP contribution in [0.4, 0.5) is 0 Å². The first-order chi connectivity index (χ1) is 14.6. The minimum atomic E-state index is -0.00786. The Morgan fingerprint density at radius 1 is 0.867 bits per heavy atom. The van der Waals surface area contributed by atoms with Crippen LogP contribution in [0.15, 0.2) is 72.8 Å². The largest absolute Gasteiger partial charge is 0.341 e. The molecule has 4 rings (SSSR count). The average molecular weight is 399 g/mol. The fraction of sp³-hybridized carbons (Fsp3) is 0.296. The van der Waals surface area contributed by atoms with E-state index in [1.807, 2.05) is 24.8 Å². The van der Waals surface area contributed by atoms with E-state index < -0.39 is 0 Å². The maximum Gasteiger partial charge on any atom is 0.225 e. The molecule has 0 unspecified atom stereocenters. The second-order valence-electron chi connectivity index (χ2n) is 8.26. The topological polar surface area (TPSA) is 25.2 Å². The normalized spacial score (nSPS) is 11.5. The van der Waals surface area contributed by atoms with Crippen molar-refractivity contribution in [3.05, 3.63) is 83.9 Å². The van der Waals surface area contributed by atoms with Crippen LogP contribution in [0, 0.1) is 5.92 Å². The Labute approximate surface area is 178 Å². The van der Waals surface area contributed by atoms with Gasteiger partial charge in [-0.1, -0.05) is 68.4 Å². The molecule has 4 aromatic rings. The second kappa shape index (κ2) is 8.74. The molecule has 0 aliphatic heterocycles. The summed E-state index contributed by atoms with van der Waals surface area (Å²) in [6.07, 6.45) is 0.872. The number of hydrogen-bond acceptors (Lipinski definition) is 1. The van der Waals surface area contributed by atoms with Crippen molar-refractivity contribution in [3.8, 4) is 0 Å². The molecule has 0 atom stereocenters. The van der Waals surface area contributed by atoms with E-state index in [1.54, 1.807) is 0 Å². The fourth-order valence-corrected chi connectivity index (χ4v) is 4.30. The summed E-state index contributed by atoms with van der Waals surface area (Å²) in [7, 11) is 0. The molecule has 3 nitrogen and oxygen atoms in total. The predicted octanol–water partition coefficient (Wildman–Crippen LogP) is 6.04. The fourth-order valence-electron chi connectivity index (χ4n) is 4.30. The molecule has 0 radical (unpaired) electrons. The number of amides is 1. The molecule has 3 heteroatoms. The van der Waals surface area contributed by atoms with Gasteiger partial charge in [-0.15, -0.1) is 0 Å². The Morgan fingerprint density at radius 2 is 1.57 bits per heavy atom. The molecule has 1 amide bonds.